The molecule has 6 nitrogen and oxygen atoms in total. The molecule has 0 atom stereocenters. The van der Waals surface area contributed by atoms with Crippen molar-refractivity contribution in [1.82, 2.24) is 0 Å². The molecule has 1 heterocycles. The Balaban J connectivity index is 1.68. The number of nitrogens with one attached hydrogen (secondary N) is 1. The van der Waals surface area contributed by atoms with Gasteiger partial charge in [0.25, 0.3) is 11.8 Å². The summed E-state index contributed by atoms with van der Waals surface area (Å²) in [4.78, 5) is 28.3. The lowest BCUT2D eigenvalue weighted by Gasteiger charge is -2.16. The minimum Gasteiger partial charge on any atom is -0.493 e. The van der Waals surface area contributed by atoms with Crippen molar-refractivity contribution in [3.8, 4) is 11.5 Å². The number of hydrogen-bond donors (Lipinski definition) is 1. The molecule has 0 unspecified atom stereocenters. The van der Waals surface area contributed by atoms with Crippen molar-refractivity contribution in [3.05, 3.63) is 102 Å². The van der Waals surface area contributed by atoms with Crippen LogP contribution in [0.15, 0.2) is 90.6 Å². The summed E-state index contributed by atoms with van der Waals surface area (Å²) < 4.78 is 24.7. The van der Waals surface area contributed by atoms with Crippen LogP contribution in [0.25, 0.3) is 16.3 Å². The molecule has 0 radical (unpaired) electrons. The Hall–Kier alpha value is -4.65. The number of ether oxygens (including phenoxy) is 2. The van der Waals surface area contributed by atoms with Crippen LogP contribution < -0.4 is 19.7 Å². The predicted molar refractivity (Wildman–Crippen MR) is 133 cm³/mol. The monoisotopic (exact) mass is 468 g/mol. The van der Waals surface area contributed by atoms with Crippen LogP contribution in [0.5, 0.6) is 11.5 Å². The third-order valence-corrected chi connectivity index (χ3v) is 5.87. The fourth-order valence-corrected chi connectivity index (χ4v) is 4.22. The van der Waals surface area contributed by atoms with Gasteiger partial charge in [0.05, 0.1) is 25.5 Å². The lowest BCUT2D eigenvalue weighted by Crippen LogP contribution is -2.32. The molecule has 1 aliphatic rings. The molecule has 0 aliphatic carbocycles. The first-order chi connectivity index (χ1) is 17.0. The van der Waals surface area contributed by atoms with Gasteiger partial charge in [0.1, 0.15) is 11.5 Å². The van der Waals surface area contributed by atoms with Crippen molar-refractivity contribution < 1.29 is 23.5 Å². The highest BCUT2D eigenvalue weighted by atomic mass is 19.1. The van der Waals surface area contributed by atoms with Gasteiger partial charge < -0.3 is 14.8 Å². The van der Waals surface area contributed by atoms with E-state index in [9.17, 15) is 14.0 Å². The summed E-state index contributed by atoms with van der Waals surface area (Å²) >= 11 is 0. The number of methoxy groups -OCH3 is 2. The number of carbonyl (C=O) groups excluding carboxylic acids is 2. The van der Waals surface area contributed by atoms with Crippen LogP contribution in [0.3, 0.4) is 0 Å². The van der Waals surface area contributed by atoms with Crippen molar-refractivity contribution in [1.29, 1.82) is 0 Å². The van der Waals surface area contributed by atoms with Crippen LogP contribution >= 0.6 is 0 Å². The van der Waals surface area contributed by atoms with E-state index >= 15 is 0 Å². The van der Waals surface area contributed by atoms with E-state index in [1.165, 1.54) is 32.4 Å². The fourth-order valence-electron chi connectivity index (χ4n) is 4.22. The minimum atomic E-state index is -0.585. The fraction of sp³-hybridized carbons (Fsp3) is 0.0714. The second-order valence-corrected chi connectivity index (χ2v) is 7.90. The van der Waals surface area contributed by atoms with Gasteiger partial charge in [-0.1, -0.05) is 48.5 Å². The molecule has 7 heteroatoms. The van der Waals surface area contributed by atoms with Crippen molar-refractivity contribution >= 4 is 39.5 Å². The maximum Gasteiger partial charge on any atom is 0.282 e. The summed E-state index contributed by atoms with van der Waals surface area (Å²) in [6, 6.07) is 23.8. The number of halogens is 1. The molecule has 4 aromatic carbocycles. The third-order valence-electron chi connectivity index (χ3n) is 5.87. The summed E-state index contributed by atoms with van der Waals surface area (Å²) in [7, 11) is 3.01. The molecule has 5 rings (SSSR count). The second kappa shape index (κ2) is 8.95. The molecule has 0 aromatic heterocycles. The first-order valence-electron chi connectivity index (χ1n) is 10.9. The van der Waals surface area contributed by atoms with Gasteiger partial charge in [0, 0.05) is 11.1 Å². The predicted octanol–water partition coefficient (Wildman–Crippen LogP) is 5.39. The molecule has 0 saturated heterocycles. The number of imide groups is 1. The zero-order chi connectivity index (χ0) is 24.5. The number of hydrogen-bond acceptors (Lipinski definition) is 5. The van der Waals surface area contributed by atoms with Crippen LogP contribution in [0.4, 0.5) is 15.8 Å². The summed E-state index contributed by atoms with van der Waals surface area (Å²) in [6.07, 6.45) is 0. The first-order valence-corrected chi connectivity index (χ1v) is 10.9. The van der Waals surface area contributed by atoms with Crippen LogP contribution in [-0.2, 0) is 9.59 Å². The van der Waals surface area contributed by atoms with Crippen LogP contribution in [-0.4, -0.2) is 26.0 Å². The number of nitrogens with zero attached hydrogens (tertiary/aromatic N) is 1. The van der Waals surface area contributed by atoms with Gasteiger partial charge in [-0.05, 0) is 47.3 Å². The lowest BCUT2D eigenvalue weighted by molar-refractivity contribution is -0.120. The number of amides is 2. The Labute approximate surface area is 201 Å². The first kappa shape index (κ1) is 22.2. The molecule has 1 aliphatic heterocycles. The van der Waals surface area contributed by atoms with Gasteiger partial charge in [-0.2, -0.15) is 0 Å². The minimum absolute atomic E-state index is 0.0860. The molecular weight excluding hydrogens is 447 g/mol. The quantitative estimate of drug-likeness (QED) is 0.384. The Morgan fingerprint density at radius 3 is 2.29 bits per heavy atom. The van der Waals surface area contributed by atoms with Gasteiger partial charge in [0.2, 0.25) is 0 Å². The van der Waals surface area contributed by atoms with E-state index in [4.69, 9.17) is 9.47 Å². The summed E-state index contributed by atoms with van der Waals surface area (Å²) in [5.41, 5.74) is 1.50. The number of rotatable bonds is 6. The van der Waals surface area contributed by atoms with E-state index in [2.05, 4.69) is 5.32 Å². The standard InChI is InChI=1S/C28H21FN2O4/c1-34-23-14-13-18(15-24(23)35-2)25-26(30-22-12-5-8-17-7-3-4-11-21(17)22)28(33)31(27(25)32)20-10-6-9-19(29)16-20/h3-16,30H,1-2H3. The second-order valence-electron chi connectivity index (χ2n) is 7.90. The van der Waals surface area contributed by atoms with E-state index in [-0.39, 0.29) is 17.0 Å². The van der Waals surface area contributed by atoms with E-state index < -0.39 is 17.6 Å². The Kier molecular flexibility index (Phi) is 5.66. The largest absolute Gasteiger partial charge is 0.493 e. The summed E-state index contributed by atoms with van der Waals surface area (Å²) in [5, 5.41) is 5.06. The molecule has 0 fully saturated rings. The van der Waals surface area contributed by atoms with Gasteiger partial charge in [-0.15, -0.1) is 0 Å². The molecule has 4 aromatic rings. The van der Waals surface area contributed by atoms with Crippen LogP contribution in [0, 0.1) is 5.82 Å². The van der Waals surface area contributed by atoms with Gasteiger partial charge in [-0.3, -0.25) is 9.59 Å². The van der Waals surface area contributed by atoms with Gasteiger partial charge >= 0.3 is 0 Å². The molecule has 0 spiro atoms. The van der Waals surface area contributed by atoms with Crippen molar-refractivity contribution in [3.63, 3.8) is 0 Å². The van der Waals surface area contributed by atoms with E-state index in [1.807, 2.05) is 42.5 Å². The SMILES string of the molecule is COc1ccc(C2=C(Nc3cccc4ccccc34)C(=O)N(c3cccc(F)c3)C2=O)cc1OC. The Morgan fingerprint density at radius 1 is 0.771 bits per heavy atom. The topological polar surface area (TPSA) is 67.9 Å². The molecule has 0 saturated carbocycles. The van der Waals surface area contributed by atoms with Crippen LogP contribution in [0.1, 0.15) is 5.56 Å². The zero-order valence-electron chi connectivity index (χ0n) is 19.0. The summed E-state index contributed by atoms with van der Waals surface area (Å²) in [6.45, 7) is 0. The molecular formula is C28H21FN2O4. The molecule has 35 heavy (non-hydrogen) atoms. The smallest absolute Gasteiger partial charge is 0.282 e. The highest BCUT2D eigenvalue weighted by Crippen LogP contribution is 2.38. The average Bonchev–Trinajstić information content (AvgIpc) is 3.12. The molecule has 0 bridgehead atoms. The zero-order valence-corrected chi connectivity index (χ0v) is 19.0. The van der Waals surface area contributed by atoms with Gasteiger partial charge in [-0.25, -0.2) is 9.29 Å². The highest BCUT2D eigenvalue weighted by molar-refractivity contribution is 6.46. The van der Waals surface area contributed by atoms with E-state index in [0.717, 1.165) is 21.7 Å². The lowest BCUT2D eigenvalue weighted by atomic mass is 10.0. The Bertz CT molecular complexity index is 1510. The van der Waals surface area contributed by atoms with Crippen molar-refractivity contribution in [2.24, 2.45) is 0 Å². The average molecular weight is 468 g/mol. The number of carbonyl (C=O) groups is 2. The molecule has 174 valence electrons. The van der Waals surface area contributed by atoms with E-state index in [1.54, 1.807) is 18.2 Å². The van der Waals surface area contributed by atoms with Crippen LogP contribution in [0.2, 0.25) is 0 Å². The van der Waals surface area contributed by atoms with E-state index in [0.29, 0.717) is 22.7 Å². The maximum atomic E-state index is 14.0. The Morgan fingerprint density at radius 2 is 1.51 bits per heavy atom. The normalized spacial score (nSPS) is 13.5. The van der Waals surface area contributed by atoms with Crippen molar-refractivity contribution in [2.45, 2.75) is 0 Å². The maximum absolute atomic E-state index is 14.0. The third kappa shape index (κ3) is 3.87. The summed E-state index contributed by atoms with van der Waals surface area (Å²) in [5.74, 6) is -0.814. The molecule has 1 N–H and O–H groups in total. The number of anilines is 2. The molecule has 2 amide bonds. The number of fused-ring (bicyclic) bond motifs is 1. The van der Waals surface area contributed by atoms with Crippen molar-refractivity contribution in [2.75, 3.05) is 24.4 Å². The number of benzene rings is 4. The van der Waals surface area contributed by atoms with Gasteiger partial charge in [0.15, 0.2) is 11.5 Å². The highest BCUT2D eigenvalue weighted by Gasteiger charge is 2.40.